The largest absolute Gasteiger partial charge is 0.482 e. The van der Waals surface area contributed by atoms with E-state index in [0.29, 0.717) is 17.5 Å². The molecule has 0 aromatic carbocycles. The molecule has 0 aliphatic carbocycles. The number of hydrogen-bond acceptors (Lipinski definition) is 7. The van der Waals surface area contributed by atoms with Crippen LogP contribution in [0, 0.1) is 6.92 Å². The first-order valence-electron chi connectivity index (χ1n) is 6.14. The first kappa shape index (κ1) is 12.8. The smallest absolute Gasteiger partial charge is 0.270 e. The van der Waals surface area contributed by atoms with E-state index in [1.165, 1.54) is 11.3 Å². The molecule has 0 saturated carbocycles. The van der Waals surface area contributed by atoms with E-state index in [0.717, 1.165) is 17.1 Å². The first-order valence-corrected chi connectivity index (χ1v) is 7.02. The molecule has 104 valence electrons. The molecular formula is C12H13N5O2S. The molecule has 0 fully saturated rings. The fraction of sp³-hybridized carbons (Fsp3) is 0.333. The monoisotopic (exact) mass is 291 g/mol. The standard InChI is InChI=1S/C12H13N5O2S/c1-3-17-5-9(4-14-17)18-6-10-15-12(19-16-10)11-8(2)13-7-20-11/h4-5,7H,3,6H2,1-2H3. The van der Waals surface area contributed by atoms with Crippen molar-refractivity contribution in [3.8, 4) is 16.5 Å². The number of hydrogen-bond donors (Lipinski definition) is 0. The summed E-state index contributed by atoms with van der Waals surface area (Å²) in [5.41, 5.74) is 2.64. The van der Waals surface area contributed by atoms with Crippen molar-refractivity contribution in [2.24, 2.45) is 0 Å². The second-order valence-electron chi connectivity index (χ2n) is 4.10. The van der Waals surface area contributed by atoms with Crippen molar-refractivity contribution >= 4 is 11.3 Å². The van der Waals surface area contributed by atoms with Gasteiger partial charge in [0, 0.05) is 6.54 Å². The predicted molar refractivity (Wildman–Crippen MR) is 72.4 cm³/mol. The lowest BCUT2D eigenvalue weighted by molar-refractivity contribution is 0.286. The Morgan fingerprint density at radius 1 is 1.45 bits per heavy atom. The minimum atomic E-state index is 0.247. The molecule has 3 rings (SSSR count). The van der Waals surface area contributed by atoms with E-state index < -0.39 is 0 Å². The molecule has 0 saturated heterocycles. The lowest BCUT2D eigenvalue weighted by Gasteiger charge is -1.97. The summed E-state index contributed by atoms with van der Waals surface area (Å²) in [5, 5.41) is 8.02. The van der Waals surface area contributed by atoms with Crippen molar-refractivity contribution in [1.82, 2.24) is 24.9 Å². The molecular weight excluding hydrogens is 278 g/mol. The highest BCUT2D eigenvalue weighted by molar-refractivity contribution is 7.13. The van der Waals surface area contributed by atoms with Gasteiger partial charge in [-0.3, -0.25) is 4.68 Å². The van der Waals surface area contributed by atoms with E-state index in [2.05, 4.69) is 20.2 Å². The summed E-state index contributed by atoms with van der Waals surface area (Å²) in [6.07, 6.45) is 3.49. The fourth-order valence-electron chi connectivity index (χ4n) is 1.65. The zero-order chi connectivity index (χ0) is 13.9. The van der Waals surface area contributed by atoms with E-state index in [9.17, 15) is 0 Å². The molecule has 8 heteroatoms. The van der Waals surface area contributed by atoms with Crippen molar-refractivity contribution < 1.29 is 9.26 Å². The highest BCUT2D eigenvalue weighted by Gasteiger charge is 2.13. The molecule has 0 amide bonds. The maximum Gasteiger partial charge on any atom is 0.270 e. The van der Waals surface area contributed by atoms with Crippen LogP contribution in [0.2, 0.25) is 0 Å². The van der Waals surface area contributed by atoms with E-state index in [1.807, 2.05) is 20.0 Å². The fourth-order valence-corrected chi connectivity index (χ4v) is 2.38. The maximum atomic E-state index is 5.55. The third-order valence-corrected chi connectivity index (χ3v) is 3.63. The Kier molecular flexibility index (Phi) is 3.46. The van der Waals surface area contributed by atoms with Crippen LogP contribution in [-0.2, 0) is 13.2 Å². The van der Waals surface area contributed by atoms with Crippen molar-refractivity contribution in [1.29, 1.82) is 0 Å². The second-order valence-corrected chi connectivity index (χ2v) is 4.96. The van der Waals surface area contributed by atoms with Gasteiger partial charge in [-0.1, -0.05) is 5.16 Å². The summed E-state index contributed by atoms with van der Waals surface area (Å²) in [6, 6.07) is 0. The van der Waals surface area contributed by atoms with Gasteiger partial charge in [0.25, 0.3) is 5.89 Å². The van der Waals surface area contributed by atoms with Crippen LogP contribution in [0.4, 0.5) is 0 Å². The number of thiazole rings is 1. The molecule has 3 heterocycles. The van der Waals surface area contributed by atoms with Crippen molar-refractivity contribution in [3.63, 3.8) is 0 Å². The average Bonchev–Trinajstić information content (AvgIpc) is 3.16. The topological polar surface area (TPSA) is 78.9 Å². The van der Waals surface area contributed by atoms with E-state index in [1.54, 1.807) is 16.4 Å². The third kappa shape index (κ3) is 2.55. The lowest BCUT2D eigenvalue weighted by atomic mass is 10.4. The maximum absolute atomic E-state index is 5.55. The van der Waals surface area contributed by atoms with E-state index >= 15 is 0 Å². The third-order valence-electron chi connectivity index (χ3n) is 2.71. The van der Waals surface area contributed by atoms with Gasteiger partial charge in [-0.2, -0.15) is 10.1 Å². The van der Waals surface area contributed by atoms with Crippen LogP contribution in [0.3, 0.4) is 0 Å². The Labute approximate surface area is 119 Å². The normalized spacial score (nSPS) is 10.9. The SMILES string of the molecule is CCn1cc(OCc2noc(-c3scnc3C)n2)cn1. The summed E-state index contributed by atoms with van der Waals surface area (Å²) in [7, 11) is 0. The van der Waals surface area contributed by atoms with Crippen molar-refractivity contribution in [3.05, 3.63) is 29.4 Å². The molecule has 0 atom stereocenters. The zero-order valence-corrected chi connectivity index (χ0v) is 11.9. The molecule has 20 heavy (non-hydrogen) atoms. The minimum absolute atomic E-state index is 0.247. The Balaban J connectivity index is 1.67. The van der Waals surface area contributed by atoms with Gasteiger partial charge in [0.2, 0.25) is 5.82 Å². The molecule has 3 aromatic rings. The predicted octanol–water partition coefficient (Wildman–Crippen LogP) is 2.30. The van der Waals surface area contributed by atoms with Gasteiger partial charge in [-0.15, -0.1) is 11.3 Å². The summed E-state index contributed by atoms with van der Waals surface area (Å²) < 4.78 is 12.6. The Morgan fingerprint density at radius 2 is 2.35 bits per heavy atom. The summed E-state index contributed by atoms with van der Waals surface area (Å²) in [5.74, 6) is 1.66. The average molecular weight is 291 g/mol. The van der Waals surface area contributed by atoms with Gasteiger partial charge < -0.3 is 9.26 Å². The van der Waals surface area contributed by atoms with Crippen LogP contribution in [0.25, 0.3) is 10.8 Å². The molecule has 7 nitrogen and oxygen atoms in total. The number of nitrogens with zero attached hydrogens (tertiary/aromatic N) is 5. The van der Waals surface area contributed by atoms with Gasteiger partial charge >= 0.3 is 0 Å². The van der Waals surface area contributed by atoms with Crippen LogP contribution in [0.15, 0.2) is 22.4 Å². The van der Waals surface area contributed by atoms with Gasteiger partial charge in [-0.05, 0) is 13.8 Å². The Hall–Kier alpha value is -2.22. The number of ether oxygens (including phenoxy) is 1. The summed E-state index contributed by atoms with van der Waals surface area (Å²) >= 11 is 1.48. The Bertz CT molecular complexity index is 702. The van der Waals surface area contributed by atoms with Crippen LogP contribution < -0.4 is 4.74 Å². The molecule has 0 aliphatic rings. The molecule has 0 bridgehead atoms. The van der Waals surface area contributed by atoms with Gasteiger partial charge in [0.05, 0.1) is 23.6 Å². The highest BCUT2D eigenvalue weighted by Crippen LogP contribution is 2.25. The second kappa shape index (κ2) is 5.41. The van der Waals surface area contributed by atoms with Crippen LogP contribution in [-0.4, -0.2) is 24.9 Å². The molecule has 0 radical (unpaired) electrons. The lowest BCUT2D eigenvalue weighted by Crippen LogP contribution is -1.97. The van der Waals surface area contributed by atoms with Crippen molar-refractivity contribution in [2.75, 3.05) is 0 Å². The van der Waals surface area contributed by atoms with E-state index in [4.69, 9.17) is 9.26 Å². The van der Waals surface area contributed by atoms with E-state index in [-0.39, 0.29) is 6.61 Å². The van der Waals surface area contributed by atoms with Gasteiger partial charge in [-0.25, -0.2) is 4.98 Å². The molecule has 0 unspecified atom stereocenters. The highest BCUT2D eigenvalue weighted by atomic mass is 32.1. The summed E-state index contributed by atoms with van der Waals surface area (Å²) in [6.45, 7) is 4.97. The molecule has 0 spiro atoms. The quantitative estimate of drug-likeness (QED) is 0.717. The minimum Gasteiger partial charge on any atom is -0.482 e. The first-order chi connectivity index (χ1) is 9.76. The number of aromatic nitrogens is 5. The Morgan fingerprint density at radius 3 is 3.05 bits per heavy atom. The molecule has 3 aromatic heterocycles. The zero-order valence-electron chi connectivity index (χ0n) is 11.1. The number of rotatable bonds is 5. The van der Waals surface area contributed by atoms with Crippen molar-refractivity contribution in [2.45, 2.75) is 27.0 Å². The molecule has 0 aliphatic heterocycles. The van der Waals surface area contributed by atoms with Crippen LogP contribution in [0.5, 0.6) is 5.75 Å². The van der Waals surface area contributed by atoms with Gasteiger partial charge in [0.1, 0.15) is 4.88 Å². The van der Waals surface area contributed by atoms with Crippen LogP contribution >= 0.6 is 11.3 Å². The molecule has 0 N–H and O–H groups in total. The summed E-state index contributed by atoms with van der Waals surface area (Å²) in [4.78, 5) is 9.34. The van der Waals surface area contributed by atoms with Gasteiger partial charge in [0.15, 0.2) is 12.4 Å². The van der Waals surface area contributed by atoms with Crippen LogP contribution in [0.1, 0.15) is 18.4 Å². The number of aryl methyl sites for hydroxylation is 2.